The SMILES string of the molecule is CC[C@@H]1[C@H](CC)[C@H]2c3ccccc3[C@H]1[C@@H]1C(=O)OC(=O)[C@@H]12. The van der Waals surface area contributed by atoms with Gasteiger partial charge in [0, 0.05) is 11.8 Å². The largest absolute Gasteiger partial charge is 0.393 e. The predicted molar refractivity (Wildman–Crippen MR) is 77.6 cm³/mol. The Labute approximate surface area is 124 Å². The van der Waals surface area contributed by atoms with Gasteiger partial charge in [0.1, 0.15) is 0 Å². The van der Waals surface area contributed by atoms with Crippen LogP contribution in [0.2, 0.25) is 0 Å². The molecule has 0 spiro atoms. The lowest BCUT2D eigenvalue weighted by Crippen LogP contribution is -2.49. The van der Waals surface area contributed by atoms with Crippen LogP contribution in [0.4, 0.5) is 0 Å². The van der Waals surface area contributed by atoms with Gasteiger partial charge in [-0.05, 0) is 23.0 Å². The van der Waals surface area contributed by atoms with Crippen LogP contribution in [0, 0.1) is 23.7 Å². The highest BCUT2D eigenvalue weighted by molar-refractivity contribution is 5.98. The average Bonchev–Trinajstić information content (AvgIpc) is 2.82. The first kappa shape index (κ1) is 13.1. The number of rotatable bonds is 2. The van der Waals surface area contributed by atoms with Gasteiger partial charge in [0.25, 0.3) is 0 Å². The number of hydrogen-bond donors (Lipinski definition) is 0. The van der Waals surface area contributed by atoms with Crippen molar-refractivity contribution in [2.45, 2.75) is 38.5 Å². The van der Waals surface area contributed by atoms with Crippen molar-refractivity contribution in [2.75, 3.05) is 0 Å². The second-order valence-corrected chi connectivity index (χ2v) is 6.62. The summed E-state index contributed by atoms with van der Waals surface area (Å²) in [5, 5.41) is 0. The summed E-state index contributed by atoms with van der Waals surface area (Å²) in [7, 11) is 0. The molecule has 3 nitrogen and oxygen atoms in total. The summed E-state index contributed by atoms with van der Waals surface area (Å²) in [6, 6.07) is 8.39. The topological polar surface area (TPSA) is 43.4 Å². The number of carbonyl (C=O) groups excluding carboxylic acids is 2. The standard InChI is InChI=1S/C18H20O3/c1-3-9-10(4-2)14-12-8-6-5-7-11(12)13(9)15-16(14)18(20)21-17(15)19/h5-10,13-16H,3-4H2,1-2H3/t9-,10+,13-,14-,15+,16-/m0/s1. The normalized spacial score (nSPS) is 39.9. The van der Waals surface area contributed by atoms with E-state index in [0.29, 0.717) is 11.8 Å². The number of benzene rings is 1. The fraction of sp³-hybridized carbons (Fsp3) is 0.556. The molecule has 0 amide bonds. The first-order valence-corrected chi connectivity index (χ1v) is 8.03. The van der Waals surface area contributed by atoms with Crippen molar-refractivity contribution in [1.29, 1.82) is 0 Å². The summed E-state index contributed by atoms with van der Waals surface area (Å²) in [6.45, 7) is 4.40. The Hall–Kier alpha value is -1.64. The Bertz CT molecular complexity index is 568. The maximum absolute atomic E-state index is 12.2. The number of ether oxygens (including phenoxy) is 1. The monoisotopic (exact) mass is 284 g/mol. The fourth-order valence-electron chi connectivity index (χ4n) is 5.41. The lowest BCUT2D eigenvalue weighted by Gasteiger charge is -2.53. The van der Waals surface area contributed by atoms with E-state index in [1.165, 1.54) is 11.1 Å². The Morgan fingerprint density at radius 3 is 1.62 bits per heavy atom. The third-order valence-electron chi connectivity index (χ3n) is 6.04. The van der Waals surface area contributed by atoms with E-state index in [9.17, 15) is 9.59 Å². The molecule has 5 rings (SSSR count). The lowest BCUT2D eigenvalue weighted by molar-refractivity contribution is -0.153. The van der Waals surface area contributed by atoms with Gasteiger partial charge in [-0.2, -0.15) is 0 Å². The molecule has 2 fully saturated rings. The van der Waals surface area contributed by atoms with Gasteiger partial charge >= 0.3 is 11.9 Å². The molecule has 1 aromatic carbocycles. The summed E-state index contributed by atoms with van der Waals surface area (Å²) in [4.78, 5) is 24.5. The second kappa shape index (κ2) is 4.43. The number of carbonyl (C=O) groups is 2. The minimum absolute atomic E-state index is 0.157. The van der Waals surface area contributed by atoms with Crippen LogP contribution in [0.15, 0.2) is 24.3 Å². The van der Waals surface area contributed by atoms with E-state index in [0.717, 1.165) is 12.8 Å². The van der Waals surface area contributed by atoms with Crippen molar-refractivity contribution in [3.63, 3.8) is 0 Å². The summed E-state index contributed by atoms with van der Waals surface area (Å²) in [5.41, 5.74) is 2.57. The second-order valence-electron chi connectivity index (χ2n) is 6.62. The first-order valence-electron chi connectivity index (χ1n) is 8.03. The summed E-state index contributed by atoms with van der Waals surface area (Å²) in [5.74, 6) is 0.208. The van der Waals surface area contributed by atoms with Crippen LogP contribution < -0.4 is 0 Å². The number of fused-ring (bicyclic) bond motifs is 1. The first-order chi connectivity index (χ1) is 10.2. The maximum atomic E-state index is 12.2. The zero-order valence-corrected chi connectivity index (χ0v) is 12.4. The van der Waals surface area contributed by atoms with Crippen molar-refractivity contribution in [1.82, 2.24) is 0 Å². The number of hydrogen-bond acceptors (Lipinski definition) is 3. The molecule has 4 aliphatic rings. The van der Waals surface area contributed by atoms with Crippen LogP contribution in [-0.4, -0.2) is 11.9 Å². The lowest BCUT2D eigenvalue weighted by atomic mass is 9.48. The summed E-state index contributed by atoms with van der Waals surface area (Å²) >= 11 is 0. The van der Waals surface area contributed by atoms with Gasteiger partial charge in [-0.25, -0.2) is 0 Å². The van der Waals surface area contributed by atoms with Crippen LogP contribution in [-0.2, 0) is 14.3 Å². The molecule has 1 saturated carbocycles. The van der Waals surface area contributed by atoms with Crippen molar-refractivity contribution in [2.24, 2.45) is 23.7 Å². The molecular weight excluding hydrogens is 264 g/mol. The minimum atomic E-state index is -0.289. The average molecular weight is 284 g/mol. The maximum Gasteiger partial charge on any atom is 0.318 e. The fourth-order valence-corrected chi connectivity index (χ4v) is 5.41. The van der Waals surface area contributed by atoms with E-state index in [-0.39, 0.29) is 35.6 Å². The zero-order chi connectivity index (χ0) is 14.7. The molecule has 1 saturated heterocycles. The van der Waals surface area contributed by atoms with E-state index in [1.807, 2.05) is 12.1 Å². The van der Waals surface area contributed by atoms with E-state index in [4.69, 9.17) is 4.74 Å². The molecule has 110 valence electrons. The highest BCUT2D eigenvalue weighted by atomic mass is 16.6. The molecule has 2 bridgehead atoms. The Morgan fingerprint density at radius 1 is 0.810 bits per heavy atom. The van der Waals surface area contributed by atoms with Crippen LogP contribution in [0.1, 0.15) is 49.7 Å². The van der Waals surface area contributed by atoms with Gasteiger partial charge in [-0.1, -0.05) is 51.0 Å². The summed E-state index contributed by atoms with van der Waals surface area (Å²) < 4.78 is 5.03. The molecule has 3 aliphatic carbocycles. The molecule has 0 aromatic heterocycles. The molecule has 0 radical (unpaired) electrons. The Balaban J connectivity index is 1.95. The van der Waals surface area contributed by atoms with Gasteiger partial charge in [-0.3, -0.25) is 9.59 Å². The smallest absolute Gasteiger partial charge is 0.318 e. The number of esters is 2. The molecule has 0 N–H and O–H groups in total. The molecule has 6 atom stereocenters. The number of cyclic esters (lactones) is 2. The molecule has 1 heterocycles. The quantitative estimate of drug-likeness (QED) is 0.618. The highest BCUT2D eigenvalue weighted by Crippen LogP contribution is 2.64. The summed E-state index contributed by atoms with van der Waals surface area (Å²) in [6.07, 6.45) is 2.11. The van der Waals surface area contributed by atoms with Crippen LogP contribution in [0.25, 0.3) is 0 Å². The van der Waals surface area contributed by atoms with E-state index in [2.05, 4.69) is 26.0 Å². The minimum Gasteiger partial charge on any atom is -0.393 e. The van der Waals surface area contributed by atoms with Crippen molar-refractivity contribution in [3.05, 3.63) is 35.4 Å². The molecule has 21 heavy (non-hydrogen) atoms. The van der Waals surface area contributed by atoms with E-state index in [1.54, 1.807) is 0 Å². The Morgan fingerprint density at radius 2 is 1.24 bits per heavy atom. The van der Waals surface area contributed by atoms with Crippen molar-refractivity contribution >= 4 is 11.9 Å². The van der Waals surface area contributed by atoms with Gasteiger partial charge in [-0.15, -0.1) is 0 Å². The molecule has 1 aliphatic heterocycles. The molecule has 0 unspecified atom stereocenters. The van der Waals surface area contributed by atoms with Crippen molar-refractivity contribution < 1.29 is 14.3 Å². The highest BCUT2D eigenvalue weighted by Gasteiger charge is 2.63. The zero-order valence-electron chi connectivity index (χ0n) is 12.4. The van der Waals surface area contributed by atoms with Gasteiger partial charge in [0.2, 0.25) is 0 Å². The van der Waals surface area contributed by atoms with Gasteiger partial charge in [0.05, 0.1) is 11.8 Å². The molecular formula is C18H20O3. The van der Waals surface area contributed by atoms with Crippen LogP contribution >= 0.6 is 0 Å². The molecule has 3 heteroatoms. The predicted octanol–water partition coefficient (Wildman–Crippen LogP) is 3.25. The van der Waals surface area contributed by atoms with Crippen LogP contribution in [0.5, 0.6) is 0 Å². The molecule has 1 aromatic rings. The third kappa shape index (κ3) is 1.49. The van der Waals surface area contributed by atoms with Crippen molar-refractivity contribution in [3.8, 4) is 0 Å². The third-order valence-corrected chi connectivity index (χ3v) is 6.04. The van der Waals surface area contributed by atoms with Crippen LogP contribution in [0.3, 0.4) is 0 Å². The van der Waals surface area contributed by atoms with E-state index >= 15 is 0 Å². The van der Waals surface area contributed by atoms with Gasteiger partial charge < -0.3 is 4.74 Å². The van der Waals surface area contributed by atoms with Gasteiger partial charge in [0.15, 0.2) is 0 Å². The van der Waals surface area contributed by atoms with E-state index < -0.39 is 0 Å². The Kier molecular flexibility index (Phi) is 2.75.